The number of hydrogen-bond acceptors (Lipinski definition) is 3. The van der Waals surface area contributed by atoms with Gasteiger partial charge in [0.05, 0.1) is 6.61 Å². The predicted octanol–water partition coefficient (Wildman–Crippen LogP) is 1.94. The minimum absolute atomic E-state index is 0.0660. The first-order valence-corrected chi connectivity index (χ1v) is 6.88. The topological polar surface area (TPSA) is 49.3 Å². The van der Waals surface area contributed by atoms with Gasteiger partial charge in [0.15, 0.2) is 0 Å². The van der Waals surface area contributed by atoms with Crippen LogP contribution in [0.4, 0.5) is 0 Å². The number of carbonyl (C=O) groups excluding carboxylic acids is 1. The molecule has 0 spiro atoms. The molecule has 2 N–H and O–H groups in total. The summed E-state index contributed by atoms with van der Waals surface area (Å²) < 4.78 is 0. The van der Waals surface area contributed by atoms with Crippen molar-refractivity contribution < 1.29 is 9.90 Å². The van der Waals surface area contributed by atoms with Gasteiger partial charge in [-0.3, -0.25) is 4.79 Å². The Kier molecular flexibility index (Phi) is 4.45. The largest absolute Gasteiger partial charge is 0.392 e. The Bertz CT molecular complexity index is 391. The summed E-state index contributed by atoms with van der Waals surface area (Å²) in [6.45, 7) is 0.0660. The molecule has 0 saturated heterocycles. The molecule has 1 aromatic carbocycles. The molecule has 1 fully saturated rings. The molecular formula is C13H17NO2S. The first-order valence-electron chi connectivity index (χ1n) is 5.90. The van der Waals surface area contributed by atoms with Crippen LogP contribution < -0.4 is 5.32 Å². The van der Waals surface area contributed by atoms with Crippen LogP contribution in [0.2, 0.25) is 0 Å². The zero-order valence-corrected chi connectivity index (χ0v) is 10.5. The van der Waals surface area contributed by atoms with Gasteiger partial charge in [-0.05, 0) is 30.5 Å². The molecule has 0 unspecified atom stereocenters. The molecule has 2 rings (SSSR count). The van der Waals surface area contributed by atoms with Gasteiger partial charge in [0, 0.05) is 23.1 Å². The Morgan fingerprint density at radius 2 is 2.29 bits per heavy atom. The molecule has 0 aromatic heterocycles. The van der Waals surface area contributed by atoms with Gasteiger partial charge >= 0.3 is 0 Å². The highest BCUT2D eigenvalue weighted by molar-refractivity contribution is 7.99. The number of thioether (sulfide) groups is 1. The van der Waals surface area contributed by atoms with Gasteiger partial charge in [-0.2, -0.15) is 0 Å². The lowest BCUT2D eigenvalue weighted by molar-refractivity contribution is -0.120. The molecule has 1 aliphatic rings. The number of aliphatic hydroxyl groups excluding tert-OH is 1. The van der Waals surface area contributed by atoms with Crippen LogP contribution in [0.3, 0.4) is 0 Å². The molecule has 92 valence electrons. The van der Waals surface area contributed by atoms with Crippen molar-refractivity contribution >= 4 is 17.7 Å². The van der Waals surface area contributed by atoms with Crippen molar-refractivity contribution in [2.24, 2.45) is 0 Å². The smallest absolute Gasteiger partial charge is 0.221 e. The van der Waals surface area contributed by atoms with E-state index in [9.17, 15) is 4.79 Å². The second-order valence-corrected chi connectivity index (χ2v) is 5.41. The number of aliphatic hydroxyl groups is 1. The van der Waals surface area contributed by atoms with Gasteiger partial charge in [0.25, 0.3) is 0 Å². The highest BCUT2D eigenvalue weighted by Crippen LogP contribution is 2.21. The maximum absolute atomic E-state index is 11.4. The lowest BCUT2D eigenvalue weighted by atomic mass is 10.2. The van der Waals surface area contributed by atoms with Crippen LogP contribution in [-0.2, 0) is 11.4 Å². The monoisotopic (exact) mass is 251 g/mol. The van der Waals surface area contributed by atoms with Crippen molar-refractivity contribution in [1.82, 2.24) is 5.32 Å². The zero-order chi connectivity index (χ0) is 12.1. The van der Waals surface area contributed by atoms with Gasteiger partial charge in [0.2, 0.25) is 5.91 Å². The molecule has 1 amide bonds. The third kappa shape index (κ3) is 4.40. The normalized spacial score (nSPS) is 14.6. The van der Waals surface area contributed by atoms with E-state index in [2.05, 4.69) is 5.32 Å². The third-order valence-corrected chi connectivity index (χ3v) is 3.62. The zero-order valence-electron chi connectivity index (χ0n) is 9.69. The fourth-order valence-corrected chi connectivity index (χ4v) is 2.46. The minimum Gasteiger partial charge on any atom is -0.392 e. The number of carbonyl (C=O) groups is 1. The van der Waals surface area contributed by atoms with Crippen molar-refractivity contribution in [1.29, 1.82) is 0 Å². The standard InChI is InChI=1S/C13H17NO2S/c15-9-10-2-1-3-12(8-10)17-7-6-13(16)14-11-4-5-11/h1-3,8,11,15H,4-7,9H2,(H,14,16). The highest BCUT2D eigenvalue weighted by Gasteiger charge is 2.22. The van der Waals surface area contributed by atoms with E-state index in [0.29, 0.717) is 12.5 Å². The fraction of sp³-hybridized carbons (Fsp3) is 0.462. The molecule has 0 aliphatic heterocycles. The average Bonchev–Trinajstić information content (AvgIpc) is 3.13. The van der Waals surface area contributed by atoms with Crippen molar-refractivity contribution in [3.05, 3.63) is 29.8 Å². The number of hydrogen-bond donors (Lipinski definition) is 2. The number of rotatable bonds is 6. The Labute approximate surface area is 106 Å². The summed E-state index contributed by atoms with van der Waals surface area (Å²) in [4.78, 5) is 12.5. The van der Waals surface area contributed by atoms with Crippen LogP contribution in [-0.4, -0.2) is 22.8 Å². The second-order valence-electron chi connectivity index (χ2n) is 4.25. The molecule has 1 aliphatic carbocycles. The van der Waals surface area contributed by atoms with Crippen LogP contribution in [0.5, 0.6) is 0 Å². The molecule has 1 aromatic rings. The maximum Gasteiger partial charge on any atom is 0.221 e. The molecular weight excluding hydrogens is 234 g/mol. The SMILES string of the molecule is O=C(CCSc1cccc(CO)c1)NC1CC1. The summed E-state index contributed by atoms with van der Waals surface area (Å²) in [5.41, 5.74) is 0.914. The highest BCUT2D eigenvalue weighted by atomic mass is 32.2. The minimum atomic E-state index is 0.0660. The van der Waals surface area contributed by atoms with Gasteiger partial charge in [-0.15, -0.1) is 11.8 Å². The Morgan fingerprint density at radius 3 is 3.00 bits per heavy atom. The number of amides is 1. The van der Waals surface area contributed by atoms with E-state index in [4.69, 9.17) is 5.11 Å². The molecule has 17 heavy (non-hydrogen) atoms. The quantitative estimate of drug-likeness (QED) is 0.760. The van der Waals surface area contributed by atoms with E-state index in [1.807, 2.05) is 24.3 Å². The van der Waals surface area contributed by atoms with Crippen LogP contribution in [0.1, 0.15) is 24.8 Å². The van der Waals surface area contributed by atoms with Crippen LogP contribution in [0, 0.1) is 0 Å². The predicted molar refractivity (Wildman–Crippen MR) is 68.9 cm³/mol. The van der Waals surface area contributed by atoms with E-state index in [0.717, 1.165) is 29.1 Å². The van der Waals surface area contributed by atoms with E-state index in [1.54, 1.807) is 11.8 Å². The summed E-state index contributed by atoms with van der Waals surface area (Å²) >= 11 is 1.65. The Morgan fingerprint density at radius 1 is 1.47 bits per heavy atom. The first-order chi connectivity index (χ1) is 8.28. The van der Waals surface area contributed by atoms with Crippen LogP contribution in [0.15, 0.2) is 29.2 Å². The Hall–Kier alpha value is -1.00. The molecule has 0 bridgehead atoms. The van der Waals surface area contributed by atoms with Crippen molar-refractivity contribution in [2.75, 3.05) is 5.75 Å². The fourth-order valence-electron chi connectivity index (χ4n) is 1.52. The molecule has 0 heterocycles. The second kappa shape index (κ2) is 6.07. The molecule has 3 nitrogen and oxygen atoms in total. The number of benzene rings is 1. The lowest BCUT2D eigenvalue weighted by Crippen LogP contribution is -2.25. The molecule has 1 saturated carbocycles. The van der Waals surface area contributed by atoms with Gasteiger partial charge in [0.1, 0.15) is 0 Å². The molecule has 4 heteroatoms. The first kappa shape index (κ1) is 12.5. The van der Waals surface area contributed by atoms with Gasteiger partial charge in [-0.25, -0.2) is 0 Å². The summed E-state index contributed by atoms with van der Waals surface area (Å²) in [6.07, 6.45) is 2.83. The average molecular weight is 251 g/mol. The van der Waals surface area contributed by atoms with E-state index < -0.39 is 0 Å². The van der Waals surface area contributed by atoms with Crippen LogP contribution >= 0.6 is 11.8 Å². The van der Waals surface area contributed by atoms with E-state index >= 15 is 0 Å². The molecule has 0 radical (unpaired) electrons. The van der Waals surface area contributed by atoms with Crippen molar-refractivity contribution in [2.45, 2.75) is 36.8 Å². The summed E-state index contributed by atoms with van der Waals surface area (Å²) in [5.74, 6) is 0.936. The van der Waals surface area contributed by atoms with Crippen LogP contribution in [0.25, 0.3) is 0 Å². The van der Waals surface area contributed by atoms with E-state index in [1.165, 1.54) is 0 Å². The Balaban J connectivity index is 1.71. The third-order valence-electron chi connectivity index (χ3n) is 2.62. The van der Waals surface area contributed by atoms with Gasteiger partial charge < -0.3 is 10.4 Å². The summed E-state index contributed by atoms with van der Waals surface area (Å²) in [5, 5.41) is 12.0. The lowest BCUT2D eigenvalue weighted by Gasteiger charge is -2.04. The van der Waals surface area contributed by atoms with Crippen molar-refractivity contribution in [3.63, 3.8) is 0 Å². The van der Waals surface area contributed by atoms with Gasteiger partial charge in [-0.1, -0.05) is 12.1 Å². The summed E-state index contributed by atoms with van der Waals surface area (Å²) in [7, 11) is 0. The van der Waals surface area contributed by atoms with Crippen molar-refractivity contribution in [3.8, 4) is 0 Å². The summed E-state index contributed by atoms with van der Waals surface area (Å²) in [6, 6.07) is 8.24. The number of nitrogens with one attached hydrogen (secondary N) is 1. The molecule has 0 atom stereocenters. The maximum atomic E-state index is 11.4. The van der Waals surface area contributed by atoms with E-state index in [-0.39, 0.29) is 12.5 Å².